The fourth-order valence-corrected chi connectivity index (χ4v) is 4.85. The molecule has 1 aliphatic carbocycles. The zero-order valence-corrected chi connectivity index (χ0v) is 21.5. The third-order valence-electron chi connectivity index (χ3n) is 6.59. The number of rotatable bonds is 11. The molecule has 0 bridgehead atoms. The number of anilines is 1. The van der Waals surface area contributed by atoms with Gasteiger partial charge in [0, 0.05) is 50.6 Å². The van der Waals surface area contributed by atoms with Crippen LogP contribution in [0.2, 0.25) is 0 Å². The number of aryl methyl sites for hydroxylation is 1. The molecule has 0 saturated carbocycles. The van der Waals surface area contributed by atoms with Gasteiger partial charge in [-0.15, -0.1) is 0 Å². The quantitative estimate of drug-likeness (QED) is 0.352. The fourth-order valence-electron chi connectivity index (χ4n) is 4.85. The Bertz CT molecular complexity index is 1260. The smallest absolute Gasteiger partial charge is 0.253 e. The molecule has 10 heteroatoms. The average Bonchev–Trinajstić information content (AvgIpc) is 3.32. The van der Waals surface area contributed by atoms with E-state index in [0.717, 1.165) is 17.8 Å². The number of primary amides is 1. The van der Waals surface area contributed by atoms with Gasteiger partial charge in [0.15, 0.2) is 5.78 Å². The summed E-state index contributed by atoms with van der Waals surface area (Å²) < 4.78 is 7.42. The number of fused-ring (bicyclic) bond motifs is 1. The van der Waals surface area contributed by atoms with Crippen LogP contribution in [0.1, 0.15) is 65.2 Å². The molecule has 1 aromatic carbocycles. The molecule has 3 N–H and O–H groups in total. The molecular formula is C27H33N5O5. The third-order valence-corrected chi connectivity index (χ3v) is 6.59. The molecule has 0 unspecified atom stereocenters. The van der Waals surface area contributed by atoms with Crippen molar-refractivity contribution in [1.29, 1.82) is 0 Å². The lowest BCUT2D eigenvalue weighted by Gasteiger charge is -2.29. The van der Waals surface area contributed by atoms with Crippen LogP contribution in [-0.4, -0.2) is 64.5 Å². The number of imide groups is 1. The van der Waals surface area contributed by atoms with Crippen molar-refractivity contribution in [2.75, 3.05) is 31.6 Å². The van der Waals surface area contributed by atoms with Crippen LogP contribution in [0.25, 0.3) is 5.69 Å². The van der Waals surface area contributed by atoms with Crippen molar-refractivity contribution in [3.63, 3.8) is 0 Å². The van der Waals surface area contributed by atoms with E-state index in [-0.39, 0.29) is 23.0 Å². The molecule has 0 fully saturated rings. The Morgan fingerprint density at radius 1 is 1.11 bits per heavy atom. The van der Waals surface area contributed by atoms with Gasteiger partial charge >= 0.3 is 0 Å². The molecule has 0 radical (unpaired) electrons. The van der Waals surface area contributed by atoms with Crippen LogP contribution in [0.5, 0.6) is 0 Å². The Morgan fingerprint density at radius 2 is 1.81 bits per heavy atom. The van der Waals surface area contributed by atoms with Crippen molar-refractivity contribution in [2.24, 2.45) is 11.1 Å². The van der Waals surface area contributed by atoms with Gasteiger partial charge in [-0.2, -0.15) is 5.10 Å². The lowest BCUT2D eigenvalue weighted by molar-refractivity contribution is -0.136. The second kappa shape index (κ2) is 10.7. The van der Waals surface area contributed by atoms with E-state index < -0.39 is 5.91 Å². The second-order valence-corrected chi connectivity index (χ2v) is 10.3. The summed E-state index contributed by atoms with van der Waals surface area (Å²) in [6, 6.07) is 5.29. The van der Waals surface area contributed by atoms with Crippen LogP contribution >= 0.6 is 0 Å². The molecule has 0 atom stereocenters. The van der Waals surface area contributed by atoms with Crippen molar-refractivity contribution in [2.45, 2.75) is 46.5 Å². The van der Waals surface area contributed by atoms with Gasteiger partial charge in [0.1, 0.15) is 0 Å². The molecule has 196 valence electrons. The topological polar surface area (TPSA) is 137 Å². The first-order valence-electron chi connectivity index (χ1n) is 12.5. The standard InChI is InChI=1S/C27H33N5O5/c1-17-25-21(15-27(2,3)16-22(25)33)32(30-17)18-6-7-19(26(28)36)20(14-18)29-10-4-12-37-13-5-11-31-23(34)8-9-24(31)35/h6-9,14,29H,4-5,10-13,15-16H2,1-3H3,(H2,28,36). The summed E-state index contributed by atoms with van der Waals surface area (Å²) in [5, 5.41) is 7.92. The number of Topliss-reactive ketones (excluding diaryl/α,β-unsaturated/α-hetero) is 1. The van der Waals surface area contributed by atoms with Gasteiger partial charge < -0.3 is 15.8 Å². The van der Waals surface area contributed by atoms with Crippen molar-refractivity contribution in [3.8, 4) is 5.69 Å². The number of carbonyl (C=O) groups is 4. The number of ketones is 1. The van der Waals surface area contributed by atoms with E-state index in [4.69, 9.17) is 10.5 Å². The van der Waals surface area contributed by atoms with Gasteiger partial charge in [-0.25, -0.2) is 4.68 Å². The molecular weight excluding hydrogens is 474 g/mol. The number of benzene rings is 1. The van der Waals surface area contributed by atoms with E-state index in [2.05, 4.69) is 24.3 Å². The minimum absolute atomic E-state index is 0.109. The first-order chi connectivity index (χ1) is 17.6. The number of carbonyl (C=O) groups excluding carboxylic acids is 4. The molecule has 4 rings (SSSR count). The van der Waals surface area contributed by atoms with Crippen LogP contribution in [0, 0.1) is 12.3 Å². The third kappa shape index (κ3) is 5.80. The summed E-state index contributed by atoms with van der Waals surface area (Å²) in [6.07, 6.45) is 4.99. The van der Waals surface area contributed by atoms with Crippen LogP contribution in [-0.2, 0) is 20.7 Å². The van der Waals surface area contributed by atoms with Crippen molar-refractivity contribution >= 4 is 29.2 Å². The molecule has 37 heavy (non-hydrogen) atoms. The Kier molecular flexibility index (Phi) is 7.58. The number of nitrogens with one attached hydrogen (secondary N) is 1. The molecule has 2 aromatic rings. The molecule has 0 saturated heterocycles. The van der Waals surface area contributed by atoms with E-state index >= 15 is 0 Å². The van der Waals surface area contributed by atoms with Gasteiger partial charge in [0.2, 0.25) is 0 Å². The maximum Gasteiger partial charge on any atom is 0.253 e. The van der Waals surface area contributed by atoms with E-state index in [0.29, 0.717) is 68.1 Å². The van der Waals surface area contributed by atoms with Crippen molar-refractivity contribution in [1.82, 2.24) is 14.7 Å². The highest BCUT2D eigenvalue weighted by Crippen LogP contribution is 2.37. The number of nitrogens with two attached hydrogens (primary N) is 1. The summed E-state index contributed by atoms with van der Waals surface area (Å²) in [5.41, 5.74) is 9.44. The predicted octanol–water partition coefficient (Wildman–Crippen LogP) is 2.57. The van der Waals surface area contributed by atoms with Gasteiger partial charge in [-0.1, -0.05) is 13.8 Å². The largest absolute Gasteiger partial charge is 0.384 e. The maximum atomic E-state index is 12.8. The minimum Gasteiger partial charge on any atom is -0.384 e. The van der Waals surface area contributed by atoms with Gasteiger partial charge in [-0.3, -0.25) is 24.1 Å². The maximum absolute atomic E-state index is 12.8. The molecule has 2 aliphatic rings. The van der Waals surface area contributed by atoms with Crippen LogP contribution < -0.4 is 11.1 Å². The summed E-state index contributed by atoms with van der Waals surface area (Å²) in [4.78, 5) is 49.1. The summed E-state index contributed by atoms with van der Waals surface area (Å²) in [7, 11) is 0. The summed E-state index contributed by atoms with van der Waals surface area (Å²) >= 11 is 0. The monoisotopic (exact) mass is 507 g/mol. The first kappa shape index (κ1) is 26.3. The lowest BCUT2D eigenvalue weighted by atomic mass is 9.75. The van der Waals surface area contributed by atoms with Gasteiger partial charge in [0.05, 0.1) is 28.2 Å². The first-order valence-corrected chi connectivity index (χ1v) is 12.5. The Balaban J connectivity index is 1.36. The molecule has 1 aromatic heterocycles. The summed E-state index contributed by atoms with van der Waals surface area (Å²) in [6.45, 7) is 7.78. The minimum atomic E-state index is -0.541. The Hall–Kier alpha value is -3.79. The summed E-state index contributed by atoms with van der Waals surface area (Å²) in [5.74, 6) is -1.01. The predicted molar refractivity (Wildman–Crippen MR) is 138 cm³/mol. The number of nitrogens with zero attached hydrogens (tertiary/aromatic N) is 3. The number of hydrogen-bond acceptors (Lipinski definition) is 7. The Morgan fingerprint density at radius 3 is 2.51 bits per heavy atom. The van der Waals surface area contributed by atoms with Gasteiger partial charge in [0.25, 0.3) is 17.7 Å². The van der Waals surface area contributed by atoms with E-state index in [9.17, 15) is 19.2 Å². The average molecular weight is 508 g/mol. The molecule has 10 nitrogen and oxygen atoms in total. The number of aromatic nitrogens is 2. The van der Waals surface area contributed by atoms with Crippen molar-refractivity contribution < 1.29 is 23.9 Å². The van der Waals surface area contributed by atoms with Crippen LogP contribution in [0.4, 0.5) is 5.69 Å². The lowest BCUT2D eigenvalue weighted by Crippen LogP contribution is -2.31. The zero-order chi connectivity index (χ0) is 26.7. The number of hydrogen-bond donors (Lipinski definition) is 2. The second-order valence-electron chi connectivity index (χ2n) is 10.3. The highest BCUT2D eigenvalue weighted by molar-refractivity contribution is 6.12. The highest BCUT2D eigenvalue weighted by atomic mass is 16.5. The highest BCUT2D eigenvalue weighted by Gasteiger charge is 2.35. The van der Waals surface area contributed by atoms with E-state index in [1.54, 1.807) is 16.8 Å². The number of amides is 3. The number of ether oxygens (including phenoxy) is 1. The van der Waals surface area contributed by atoms with E-state index in [1.807, 2.05) is 13.0 Å². The fraction of sp³-hybridized carbons (Fsp3) is 0.444. The van der Waals surface area contributed by atoms with Gasteiger partial charge in [-0.05, 0) is 49.8 Å². The van der Waals surface area contributed by atoms with Crippen LogP contribution in [0.3, 0.4) is 0 Å². The Labute approximate surface area is 215 Å². The van der Waals surface area contributed by atoms with Crippen LogP contribution in [0.15, 0.2) is 30.4 Å². The molecule has 2 heterocycles. The molecule has 0 spiro atoms. The van der Waals surface area contributed by atoms with Crippen molar-refractivity contribution in [3.05, 3.63) is 52.9 Å². The van der Waals surface area contributed by atoms with E-state index in [1.165, 1.54) is 17.1 Å². The molecule has 3 amide bonds. The SMILES string of the molecule is Cc1nn(-c2ccc(C(N)=O)c(NCCCOCCCN3C(=O)C=CC3=O)c2)c2c1C(=O)CC(C)(C)C2. The molecule has 1 aliphatic heterocycles. The normalized spacial score (nSPS) is 16.4. The zero-order valence-electron chi connectivity index (χ0n) is 21.5.